The molecule has 29 heavy (non-hydrogen) atoms. The van der Waals surface area contributed by atoms with Crippen molar-refractivity contribution in [1.29, 1.82) is 0 Å². The summed E-state index contributed by atoms with van der Waals surface area (Å²) in [5.41, 5.74) is 0.675. The average molecular weight is 402 g/mol. The molecular formula is C21H23FN2O5. The van der Waals surface area contributed by atoms with Gasteiger partial charge in [0.05, 0.1) is 19.8 Å². The van der Waals surface area contributed by atoms with Crippen molar-refractivity contribution in [3.05, 3.63) is 53.8 Å². The van der Waals surface area contributed by atoms with E-state index in [1.54, 1.807) is 23.1 Å². The van der Waals surface area contributed by atoms with Gasteiger partial charge < -0.3 is 24.4 Å². The Bertz CT molecular complexity index is 868. The Labute approximate surface area is 168 Å². The minimum atomic E-state index is -0.438. The maximum absolute atomic E-state index is 13.3. The van der Waals surface area contributed by atoms with Crippen molar-refractivity contribution in [3.8, 4) is 11.5 Å². The summed E-state index contributed by atoms with van der Waals surface area (Å²) in [7, 11) is 0. The molecule has 0 bridgehead atoms. The standard InChI is InChI=1S/C21H23FN2O5/c1-2-28-19-12-15(21(26)23-17-5-3-4-16(22)13-17)6-7-18(19)29-14-20(25)24-8-10-27-11-9-24/h3-7,12-13H,2,8-11,14H2,1H3,(H,23,26). The maximum atomic E-state index is 13.3. The Hall–Kier alpha value is -3.13. The van der Waals surface area contributed by atoms with Crippen LogP contribution in [0.1, 0.15) is 17.3 Å². The Kier molecular flexibility index (Phi) is 7.02. The van der Waals surface area contributed by atoms with Crippen molar-refractivity contribution < 1.29 is 28.2 Å². The Balaban J connectivity index is 1.67. The number of ether oxygens (including phenoxy) is 3. The van der Waals surface area contributed by atoms with Crippen LogP contribution in [-0.2, 0) is 9.53 Å². The first-order valence-corrected chi connectivity index (χ1v) is 9.39. The number of nitrogens with zero attached hydrogens (tertiary/aromatic N) is 1. The van der Waals surface area contributed by atoms with Crippen LogP contribution in [0.25, 0.3) is 0 Å². The van der Waals surface area contributed by atoms with Crippen LogP contribution >= 0.6 is 0 Å². The molecule has 0 radical (unpaired) electrons. The highest BCUT2D eigenvalue weighted by Gasteiger charge is 2.19. The lowest BCUT2D eigenvalue weighted by Crippen LogP contribution is -2.43. The molecule has 0 unspecified atom stereocenters. The lowest BCUT2D eigenvalue weighted by atomic mass is 10.1. The van der Waals surface area contributed by atoms with Crippen LogP contribution in [0.5, 0.6) is 11.5 Å². The molecule has 0 atom stereocenters. The van der Waals surface area contributed by atoms with Crippen LogP contribution in [0.2, 0.25) is 0 Å². The molecule has 3 rings (SSSR count). The van der Waals surface area contributed by atoms with E-state index in [0.29, 0.717) is 55.7 Å². The lowest BCUT2D eigenvalue weighted by Gasteiger charge is -2.26. The molecule has 2 amide bonds. The van der Waals surface area contributed by atoms with Gasteiger partial charge in [0.25, 0.3) is 11.8 Å². The number of anilines is 1. The summed E-state index contributed by atoms with van der Waals surface area (Å²) in [5.74, 6) is -0.257. The Morgan fingerprint density at radius 2 is 1.90 bits per heavy atom. The van der Waals surface area contributed by atoms with E-state index >= 15 is 0 Å². The van der Waals surface area contributed by atoms with Crippen molar-refractivity contribution in [2.24, 2.45) is 0 Å². The van der Waals surface area contributed by atoms with Crippen molar-refractivity contribution in [1.82, 2.24) is 4.90 Å². The Morgan fingerprint density at radius 1 is 1.10 bits per heavy atom. The van der Waals surface area contributed by atoms with Crippen molar-refractivity contribution in [3.63, 3.8) is 0 Å². The minimum absolute atomic E-state index is 0.130. The van der Waals surface area contributed by atoms with Gasteiger partial charge in [0.1, 0.15) is 5.82 Å². The number of carbonyl (C=O) groups excluding carboxylic acids is 2. The molecule has 0 spiro atoms. The predicted octanol–water partition coefficient (Wildman–Crippen LogP) is 2.71. The van der Waals surface area contributed by atoms with Gasteiger partial charge in [-0.25, -0.2) is 4.39 Å². The fraction of sp³-hybridized carbons (Fsp3) is 0.333. The molecule has 154 valence electrons. The van der Waals surface area contributed by atoms with Crippen LogP contribution in [-0.4, -0.2) is 56.2 Å². The molecule has 1 saturated heterocycles. The van der Waals surface area contributed by atoms with Gasteiger partial charge in [-0.1, -0.05) is 6.07 Å². The second kappa shape index (κ2) is 9.88. The third-order valence-corrected chi connectivity index (χ3v) is 4.30. The molecule has 0 aromatic heterocycles. The van der Waals surface area contributed by atoms with Crippen LogP contribution in [0.4, 0.5) is 10.1 Å². The van der Waals surface area contributed by atoms with Gasteiger partial charge in [0.2, 0.25) is 0 Å². The number of halogens is 1. The number of benzene rings is 2. The highest BCUT2D eigenvalue weighted by molar-refractivity contribution is 6.04. The first-order valence-electron chi connectivity index (χ1n) is 9.39. The van der Waals surface area contributed by atoms with E-state index < -0.39 is 11.7 Å². The highest BCUT2D eigenvalue weighted by Crippen LogP contribution is 2.29. The number of nitrogens with one attached hydrogen (secondary N) is 1. The van der Waals surface area contributed by atoms with Gasteiger partial charge in [-0.2, -0.15) is 0 Å². The van der Waals surface area contributed by atoms with Gasteiger partial charge in [0.15, 0.2) is 18.1 Å². The van der Waals surface area contributed by atoms with E-state index in [0.717, 1.165) is 0 Å². The maximum Gasteiger partial charge on any atom is 0.260 e. The largest absolute Gasteiger partial charge is 0.490 e. The summed E-state index contributed by atoms with van der Waals surface area (Å²) in [6, 6.07) is 10.3. The number of hydrogen-bond donors (Lipinski definition) is 1. The van der Waals surface area contributed by atoms with Crippen LogP contribution in [0, 0.1) is 5.82 Å². The number of carbonyl (C=O) groups is 2. The molecule has 2 aromatic rings. The topological polar surface area (TPSA) is 77.1 Å². The normalized spacial score (nSPS) is 13.7. The smallest absolute Gasteiger partial charge is 0.260 e. The summed E-state index contributed by atoms with van der Waals surface area (Å²) < 4.78 is 29.7. The molecule has 1 aliphatic rings. The molecule has 0 saturated carbocycles. The van der Waals surface area contributed by atoms with Gasteiger partial charge in [0, 0.05) is 24.3 Å². The average Bonchev–Trinajstić information content (AvgIpc) is 2.73. The second-order valence-electron chi connectivity index (χ2n) is 6.34. The van der Waals surface area contributed by atoms with Crippen LogP contribution < -0.4 is 14.8 Å². The van der Waals surface area contributed by atoms with E-state index in [2.05, 4.69) is 5.32 Å². The summed E-state index contributed by atoms with van der Waals surface area (Å²) in [5, 5.41) is 2.63. The quantitative estimate of drug-likeness (QED) is 0.771. The number of hydrogen-bond acceptors (Lipinski definition) is 5. The van der Waals surface area contributed by atoms with Crippen molar-refractivity contribution in [2.45, 2.75) is 6.92 Å². The van der Waals surface area contributed by atoms with Crippen molar-refractivity contribution in [2.75, 3.05) is 44.8 Å². The first kappa shape index (κ1) is 20.6. The second-order valence-corrected chi connectivity index (χ2v) is 6.34. The van der Waals surface area contributed by atoms with Crippen LogP contribution in [0.3, 0.4) is 0 Å². The Morgan fingerprint density at radius 3 is 2.62 bits per heavy atom. The minimum Gasteiger partial charge on any atom is -0.490 e. The molecule has 0 aliphatic carbocycles. The SMILES string of the molecule is CCOc1cc(C(=O)Nc2cccc(F)c2)ccc1OCC(=O)N1CCOCC1. The zero-order chi connectivity index (χ0) is 20.6. The molecule has 7 nitrogen and oxygen atoms in total. The number of morpholine rings is 1. The molecule has 8 heteroatoms. The van der Waals surface area contributed by atoms with E-state index in [-0.39, 0.29) is 12.5 Å². The van der Waals surface area contributed by atoms with E-state index in [1.165, 1.54) is 24.3 Å². The fourth-order valence-corrected chi connectivity index (χ4v) is 2.85. The molecule has 2 aromatic carbocycles. The van der Waals surface area contributed by atoms with E-state index in [9.17, 15) is 14.0 Å². The third kappa shape index (κ3) is 5.68. The zero-order valence-electron chi connectivity index (χ0n) is 16.2. The van der Waals surface area contributed by atoms with Gasteiger partial charge in [-0.15, -0.1) is 0 Å². The fourth-order valence-electron chi connectivity index (χ4n) is 2.85. The monoisotopic (exact) mass is 402 g/mol. The number of rotatable bonds is 7. The molecular weight excluding hydrogens is 379 g/mol. The lowest BCUT2D eigenvalue weighted by molar-refractivity contribution is -0.137. The summed E-state index contributed by atoms with van der Waals surface area (Å²) in [6.45, 7) is 4.16. The van der Waals surface area contributed by atoms with Gasteiger partial charge in [-0.05, 0) is 43.3 Å². The highest BCUT2D eigenvalue weighted by atomic mass is 19.1. The zero-order valence-corrected chi connectivity index (χ0v) is 16.2. The summed E-state index contributed by atoms with van der Waals surface area (Å²) in [4.78, 5) is 26.4. The van der Waals surface area contributed by atoms with Crippen LogP contribution in [0.15, 0.2) is 42.5 Å². The molecule has 1 aliphatic heterocycles. The summed E-state index contributed by atoms with van der Waals surface area (Å²) >= 11 is 0. The predicted molar refractivity (Wildman–Crippen MR) is 105 cm³/mol. The third-order valence-electron chi connectivity index (χ3n) is 4.30. The number of amides is 2. The molecule has 1 N–H and O–H groups in total. The first-order chi connectivity index (χ1) is 14.1. The summed E-state index contributed by atoms with van der Waals surface area (Å²) in [6.07, 6.45) is 0. The van der Waals surface area contributed by atoms with E-state index in [4.69, 9.17) is 14.2 Å². The van der Waals surface area contributed by atoms with E-state index in [1.807, 2.05) is 6.92 Å². The van der Waals surface area contributed by atoms with Gasteiger partial charge >= 0.3 is 0 Å². The van der Waals surface area contributed by atoms with Gasteiger partial charge in [-0.3, -0.25) is 9.59 Å². The molecule has 1 heterocycles. The molecule has 1 fully saturated rings. The van der Waals surface area contributed by atoms with Crippen molar-refractivity contribution >= 4 is 17.5 Å².